The van der Waals surface area contributed by atoms with Crippen molar-refractivity contribution < 1.29 is 9.90 Å². The first-order valence-corrected chi connectivity index (χ1v) is 6.71. The van der Waals surface area contributed by atoms with Crippen LogP contribution in [-0.4, -0.2) is 27.8 Å². The van der Waals surface area contributed by atoms with Crippen LogP contribution in [0.25, 0.3) is 0 Å². The molecule has 0 bridgehead atoms. The summed E-state index contributed by atoms with van der Waals surface area (Å²) in [7, 11) is 0. The lowest BCUT2D eigenvalue weighted by Gasteiger charge is -2.24. The number of hydrogen-bond acceptors (Lipinski definition) is 5. The molecule has 0 saturated heterocycles. The molecule has 2 N–H and O–H groups in total. The summed E-state index contributed by atoms with van der Waals surface area (Å²) in [5.74, 6) is -0.703. The molecule has 6 heteroatoms. The molecule has 2 rings (SSSR count). The van der Waals surface area contributed by atoms with Gasteiger partial charge >= 0.3 is 5.97 Å². The lowest BCUT2D eigenvalue weighted by molar-refractivity contribution is 0.0697. The number of rotatable bonds is 5. The van der Waals surface area contributed by atoms with Crippen LogP contribution in [0.5, 0.6) is 0 Å². The van der Waals surface area contributed by atoms with Gasteiger partial charge in [-0.25, -0.2) is 4.79 Å². The highest BCUT2D eigenvalue weighted by Crippen LogP contribution is 2.27. The van der Waals surface area contributed by atoms with Gasteiger partial charge in [0.2, 0.25) is 0 Å². The van der Waals surface area contributed by atoms with Crippen molar-refractivity contribution in [3.63, 3.8) is 0 Å². The molecule has 2 heterocycles. The van der Waals surface area contributed by atoms with Gasteiger partial charge in [0.05, 0.1) is 6.20 Å². The fourth-order valence-electron chi connectivity index (χ4n) is 1.69. The highest BCUT2D eigenvalue weighted by atomic mass is 32.1. The molecule has 0 aliphatic heterocycles. The molecule has 0 unspecified atom stereocenters. The van der Waals surface area contributed by atoms with Crippen molar-refractivity contribution in [2.45, 2.75) is 19.3 Å². The molecule has 19 heavy (non-hydrogen) atoms. The average Bonchev–Trinajstić information content (AvgIpc) is 2.91. The molecule has 0 amide bonds. The molecule has 0 spiro atoms. The van der Waals surface area contributed by atoms with Crippen molar-refractivity contribution >= 4 is 23.1 Å². The second-order valence-corrected chi connectivity index (χ2v) is 5.76. The number of nitrogens with one attached hydrogen (secondary N) is 1. The van der Waals surface area contributed by atoms with E-state index in [1.165, 1.54) is 17.1 Å². The molecule has 0 aliphatic rings. The quantitative estimate of drug-likeness (QED) is 0.878. The van der Waals surface area contributed by atoms with E-state index in [-0.39, 0.29) is 11.0 Å². The summed E-state index contributed by atoms with van der Waals surface area (Å²) in [5, 5.41) is 21.7. The van der Waals surface area contributed by atoms with Crippen molar-refractivity contribution in [2.24, 2.45) is 0 Å². The zero-order valence-corrected chi connectivity index (χ0v) is 11.6. The molecule has 0 radical (unpaired) electrons. The summed E-state index contributed by atoms with van der Waals surface area (Å²) in [6, 6.07) is 5.52. The summed E-state index contributed by atoms with van der Waals surface area (Å²) in [4.78, 5) is 12.3. The zero-order chi connectivity index (χ0) is 13.9. The highest BCUT2D eigenvalue weighted by molar-refractivity contribution is 7.10. The normalized spacial score (nSPS) is 11.3. The smallest absolute Gasteiger partial charge is 0.339 e. The second-order valence-electron chi connectivity index (χ2n) is 4.81. The van der Waals surface area contributed by atoms with Crippen molar-refractivity contribution in [3.05, 3.63) is 40.2 Å². The Balaban J connectivity index is 2.13. The van der Waals surface area contributed by atoms with Gasteiger partial charge in [-0.1, -0.05) is 19.9 Å². The predicted octanol–water partition coefficient (Wildman–Crippen LogP) is 2.63. The summed E-state index contributed by atoms with van der Waals surface area (Å²) in [5.41, 5.74) is 0.0403. The summed E-state index contributed by atoms with van der Waals surface area (Å²) in [6.45, 7) is 4.79. The minimum absolute atomic E-state index is 0.0958. The Morgan fingerprint density at radius 1 is 1.47 bits per heavy atom. The fourth-order valence-corrected chi connectivity index (χ4v) is 2.54. The zero-order valence-electron chi connectivity index (χ0n) is 10.8. The number of aromatic nitrogens is 2. The Bertz CT molecular complexity index is 567. The van der Waals surface area contributed by atoms with Gasteiger partial charge in [0, 0.05) is 16.8 Å². The molecule has 100 valence electrons. The van der Waals surface area contributed by atoms with E-state index in [9.17, 15) is 4.79 Å². The first kappa shape index (κ1) is 13.5. The Morgan fingerprint density at radius 2 is 2.26 bits per heavy atom. The molecule has 0 atom stereocenters. The minimum atomic E-state index is -1.01. The van der Waals surface area contributed by atoms with Crippen molar-refractivity contribution in [2.75, 3.05) is 11.9 Å². The van der Waals surface area contributed by atoms with E-state index in [4.69, 9.17) is 5.11 Å². The van der Waals surface area contributed by atoms with Crippen LogP contribution in [0, 0.1) is 0 Å². The lowest BCUT2D eigenvalue weighted by Crippen LogP contribution is -2.27. The molecular formula is C13H15N3O2S. The van der Waals surface area contributed by atoms with Gasteiger partial charge in [0.25, 0.3) is 0 Å². The Morgan fingerprint density at radius 3 is 2.89 bits per heavy atom. The molecule has 5 nitrogen and oxygen atoms in total. The summed E-state index contributed by atoms with van der Waals surface area (Å²) in [6.07, 6.45) is 1.37. The number of carboxylic acids is 1. The van der Waals surface area contributed by atoms with E-state index in [2.05, 4.69) is 35.4 Å². The second kappa shape index (κ2) is 5.36. The predicted molar refractivity (Wildman–Crippen MR) is 74.8 cm³/mol. The van der Waals surface area contributed by atoms with Crippen LogP contribution in [0.1, 0.15) is 29.1 Å². The van der Waals surface area contributed by atoms with Crippen molar-refractivity contribution in [3.8, 4) is 0 Å². The third-order valence-electron chi connectivity index (χ3n) is 2.84. The van der Waals surface area contributed by atoms with Gasteiger partial charge in [-0.05, 0) is 17.5 Å². The molecule has 0 aromatic carbocycles. The molecule has 0 saturated carbocycles. The number of aromatic carboxylic acids is 1. The minimum Gasteiger partial charge on any atom is -0.478 e. The maximum Gasteiger partial charge on any atom is 0.339 e. The van der Waals surface area contributed by atoms with Crippen molar-refractivity contribution in [1.82, 2.24) is 10.2 Å². The van der Waals surface area contributed by atoms with E-state index in [0.29, 0.717) is 12.4 Å². The lowest BCUT2D eigenvalue weighted by atomic mass is 9.91. The van der Waals surface area contributed by atoms with Crippen molar-refractivity contribution in [1.29, 1.82) is 0 Å². The SMILES string of the molecule is CC(C)(CNc1nnccc1C(=O)O)c1cccs1. The van der Waals surface area contributed by atoms with Gasteiger partial charge in [0.15, 0.2) is 5.82 Å². The van der Waals surface area contributed by atoms with Gasteiger partial charge in [-0.15, -0.1) is 16.4 Å². The number of carboxylic acid groups (broad SMARTS) is 1. The van der Waals surface area contributed by atoms with Crippen LogP contribution in [0.15, 0.2) is 29.8 Å². The maximum absolute atomic E-state index is 11.1. The standard InChI is InChI=1S/C13H15N3O2S/c1-13(2,10-4-3-7-19-10)8-14-11-9(12(17)18)5-6-15-16-11/h3-7H,8H2,1-2H3,(H,14,16)(H,17,18). The van der Waals surface area contributed by atoms with Crippen LogP contribution in [0.2, 0.25) is 0 Å². The highest BCUT2D eigenvalue weighted by Gasteiger charge is 2.22. The average molecular weight is 277 g/mol. The van der Waals surface area contributed by atoms with Gasteiger partial charge in [0.1, 0.15) is 5.56 Å². The van der Waals surface area contributed by atoms with Gasteiger partial charge in [-0.2, -0.15) is 5.10 Å². The first-order valence-electron chi connectivity index (χ1n) is 5.83. The van der Waals surface area contributed by atoms with Gasteiger partial charge in [-0.3, -0.25) is 0 Å². The van der Waals surface area contributed by atoms with E-state index in [1.54, 1.807) is 11.3 Å². The monoisotopic (exact) mass is 277 g/mol. The van der Waals surface area contributed by atoms with Gasteiger partial charge < -0.3 is 10.4 Å². The van der Waals surface area contributed by atoms with Crippen LogP contribution in [0.4, 0.5) is 5.82 Å². The molecule has 0 aliphatic carbocycles. The molecule has 2 aromatic rings. The van der Waals surface area contributed by atoms with E-state index in [1.807, 2.05) is 11.4 Å². The summed E-state index contributed by atoms with van der Waals surface area (Å²) >= 11 is 1.68. The number of thiophene rings is 1. The first-order chi connectivity index (χ1) is 9.00. The number of hydrogen-bond donors (Lipinski definition) is 2. The van der Waals surface area contributed by atoms with Crippen LogP contribution in [0.3, 0.4) is 0 Å². The molecule has 0 fully saturated rings. The Kier molecular flexibility index (Phi) is 3.80. The Labute approximate surface area is 115 Å². The van der Waals surface area contributed by atoms with Crippen LogP contribution < -0.4 is 5.32 Å². The summed E-state index contributed by atoms with van der Waals surface area (Å²) < 4.78 is 0. The third-order valence-corrected chi connectivity index (χ3v) is 4.07. The number of nitrogens with zero attached hydrogens (tertiary/aromatic N) is 2. The topological polar surface area (TPSA) is 75.1 Å². The number of anilines is 1. The number of carbonyl (C=O) groups is 1. The fraction of sp³-hybridized carbons (Fsp3) is 0.308. The third kappa shape index (κ3) is 3.08. The van der Waals surface area contributed by atoms with Crippen LogP contribution >= 0.6 is 11.3 Å². The molecule has 2 aromatic heterocycles. The largest absolute Gasteiger partial charge is 0.478 e. The van der Waals surface area contributed by atoms with E-state index >= 15 is 0 Å². The maximum atomic E-state index is 11.1. The Hall–Kier alpha value is -1.95. The van der Waals surface area contributed by atoms with Crippen LogP contribution in [-0.2, 0) is 5.41 Å². The van der Waals surface area contributed by atoms with E-state index in [0.717, 1.165) is 0 Å². The van der Waals surface area contributed by atoms with E-state index < -0.39 is 5.97 Å². The molecular weight excluding hydrogens is 262 g/mol.